The largest absolute Gasteiger partial charge is 0.495 e. The highest BCUT2D eigenvalue weighted by molar-refractivity contribution is 8.00. The van der Waals surface area contributed by atoms with Crippen molar-refractivity contribution in [3.8, 4) is 5.75 Å². The van der Waals surface area contributed by atoms with E-state index in [0.717, 1.165) is 4.90 Å². The molecule has 0 aliphatic carbocycles. The molecule has 3 aromatic rings. The number of amides is 2. The quantitative estimate of drug-likeness (QED) is 0.548. The predicted molar refractivity (Wildman–Crippen MR) is 113 cm³/mol. The van der Waals surface area contributed by atoms with Gasteiger partial charge in [0.2, 0.25) is 5.91 Å². The minimum atomic E-state index is -0.580. The first kappa shape index (κ1) is 20.4. The molecule has 7 heteroatoms. The van der Waals surface area contributed by atoms with Crippen LogP contribution in [0.2, 0.25) is 0 Å². The van der Waals surface area contributed by atoms with Crippen molar-refractivity contribution in [1.82, 2.24) is 0 Å². The Labute approximate surface area is 172 Å². The average Bonchev–Trinajstić information content (AvgIpc) is 2.73. The number of para-hydroxylation sites is 2. The standard InChI is InChI=1S/C22H19FN2O3S/c1-28-20-12-5-4-11-19(20)25-21(26)14-29-16-8-6-7-15(13-16)24-22(27)17-9-2-3-10-18(17)23/h2-13H,14H2,1H3,(H,24,27)(H,25,26). The Morgan fingerprint density at radius 1 is 0.966 bits per heavy atom. The van der Waals surface area contributed by atoms with Crippen LogP contribution in [0.25, 0.3) is 0 Å². The number of ether oxygens (including phenoxy) is 1. The molecule has 0 fully saturated rings. The van der Waals surface area contributed by atoms with Crippen molar-refractivity contribution in [2.45, 2.75) is 4.90 Å². The number of carbonyl (C=O) groups is 2. The Bertz CT molecular complexity index is 1030. The number of halogens is 1. The number of thioether (sulfide) groups is 1. The maximum Gasteiger partial charge on any atom is 0.258 e. The number of hydrogen-bond donors (Lipinski definition) is 2. The molecule has 0 radical (unpaired) electrons. The minimum Gasteiger partial charge on any atom is -0.495 e. The summed E-state index contributed by atoms with van der Waals surface area (Å²) in [7, 11) is 1.54. The number of rotatable bonds is 7. The second-order valence-electron chi connectivity index (χ2n) is 6.00. The van der Waals surface area contributed by atoms with Gasteiger partial charge in [0, 0.05) is 10.6 Å². The lowest BCUT2D eigenvalue weighted by Crippen LogP contribution is -2.15. The molecule has 148 valence electrons. The van der Waals surface area contributed by atoms with E-state index in [9.17, 15) is 14.0 Å². The van der Waals surface area contributed by atoms with E-state index in [4.69, 9.17) is 4.74 Å². The first-order chi connectivity index (χ1) is 14.1. The zero-order chi connectivity index (χ0) is 20.6. The fourth-order valence-electron chi connectivity index (χ4n) is 2.59. The molecule has 3 rings (SSSR count). The van der Waals surface area contributed by atoms with Gasteiger partial charge in [-0.1, -0.05) is 30.3 Å². The molecule has 0 aliphatic rings. The lowest BCUT2D eigenvalue weighted by molar-refractivity contribution is -0.113. The molecule has 0 bridgehead atoms. The molecule has 29 heavy (non-hydrogen) atoms. The van der Waals surface area contributed by atoms with Crippen LogP contribution in [0.4, 0.5) is 15.8 Å². The Morgan fingerprint density at radius 3 is 2.52 bits per heavy atom. The van der Waals surface area contributed by atoms with Crippen molar-refractivity contribution in [2.24, 2.45) is 0 Å². The van der Waals surface area contributed by atoms with E-state index in [1.165, 1.54) is 30.0 Å². The van der Waals surface area contributed by atoms with Crippen molar-refractivity contribution in [3.05, 3.63) is 84.2 Å². The molecular formula is C22H19FN2O3S. The highest BCUT2D eigenvalue weighted by Gasteiger charge is 2.12. The fourth-order valence-corrected chi connectivity index (χ4v) is 3.35. The Balaban J connectivity index is 1.59. The van der Waals surface area contributed by atoms with E-state index in [1.807, 2.05) is 18.2 Å². The van der Waals surface area contributed by atoms with Crippen LogP contribution in [0.15, 0.2) is 77.7 Å². The Kier molecular flexibility index (Phi) is 6.86. The van der Waals surface area contributed by atoms with Crippen LogP contribution in [-0.4, -0.2) is 24.7 Å². The highest BCUT2D eigenvalue weighted by Crippen LogP contribution is 2.25. The number of methoxy groups -OCH3 is 1. The van der Waals surface area contributed by atoms with Gasteiger partial charge in [-0.2, -0.15) is 0 Å². The van der Waals surface area contributed by atoms with Crippen LogP contribution in [0.3, 0.4) is 0 Å². The lowest BCUT2D eigenvalue weighted by Gasteiger charge is -2.10. The summed E-state index contributed by atoms with van der Waals surface area (Å²) in [6.45, 7) is 0. The van der Waals surface area contributed by atoms with Crippen molar-refractivity contribution < 1.29 is 18.7 Å². The van der Waals surface area contributed by atoms with E-state index < -0.39 is 11.7 Å². The third-order valence-electron chi connectivity index (χ3n) is 3.96. The van der Waals surface area contributed by atoms with E-state index >= 15 is 0 Å². The van der Waals surface area contributed by atoms with Crippen molar-refractivity contribution in [1.29, 1.82) is 0 Å². The maximum absolute atomic E-state index is 13.7. The van der Waals surface area contributed by atoms with Gasteiger partial charge in [0.05, 0.1) is 24.1 Å². The van der Waals surface area contributed by atoms with Crippen LogP contribution in [0.1, 0.15) is 10.4 Å². The average molecular weight is 410 g/mol. The smallest absolute Gasteiger partial charge is 0.258 e. The van der Waals surface area contributed by atoms with Gasteiger partial charge in [-0.3, -0.25) is 9.59 Å². The van der Waals surface area contributed by atoms with Crippen LogP contribution in [-0.2, 0) is 4.79 Å². The third-order valence-corrected chi connectivity index (χ3v) is 4.96. The van der Waals surface area contributed by atoms with Crippen LogP contribution >= 0.6 is 11.8 Å². The molecule has 0 heterocycles. The molecule has 0 saturated carbocycles. The topological polar surface area (TPSA) is 67.4 Å². The van der Waals surface area contributed by atoms with Gasteiger partial charge in [-0.25, -0.2) is 4.39 Å². The molecule has 2 N–H and O–H groups in total. The van der Waals surface area contributed by atoms with E-state index in [1.54, 1.807) is 43.5 Å². The zero-order valence-corrected chi connectivity index (χ0v) is 16.5. The van der Waals surface area contributed by atoms with Crippen LogP contribution in [0.5, 0.6) is 5.75 Å². The van der Waals surface area contributed by atoms with Gasteiger partial charge in [0.1, 0.15) is 11.6 Å². The molecule has 0 spiro atoms. The van der Waals surface area contributed by atoms with Crippen molar-refractivity contribution in [2.75, 3.05) is 23.5 Å². The molecule has 0 saturated heterocycles. The van der Waals surface area contributed by atoms with Gasteiger partial charge in [-0.15, -0.1) is 11.8 Å². The van der Waals surface area contributed by atoms with Gasteiger partial charge in [0.15, 0.2) is 0 Å². The molecule has 0 atom stereocenters. The number of benzene rings is 3. The number of hydrogen-bond acceptors (Lipinski definition) is 4. The molecule has 3 aromatic carbocycles. The summed E-state index contributed by atoms with van der Waals surface area (Å²) in [4.78, 5) is 25.3. The SMILES string of the molecule is COc1ccccc1NC(=O)CSc1cccc(NC(=O)c2ccccc2F)c1. The highest BCUT2D eigenvalue weighted by atomic mass is 32.2. The summed E-state index contributed by atoms with van der Waals surface area (Å²) < 4.78 is 19.0. The van der Waals surface area contributed by atoms with E-state index in [-0.39, 0.29) is 17.2 Å². The normalized spacial score (nSPS) is 10.3. The summed E-state index contributed by atoms with van der Waals surface area (Å²) >= 11 is 1.32. The fraction of sp³-hybridized carbons (Fsp3) is 0.0909. The maximum atomic E-state index is 13.7. The van der Waals surface area contributed by atoms with E-state index in [2.05, 4.69) is 10.6 Å². The number of carbonyl (C=O) groups excluding carboxylic acids is 2. The monoisotopic (exact) mass is 410 g/mol. The second kappa shape index (κ2) is 9.75. The predicted octanol–water partition coefficient (Wildman–Crippen LogP) is 4.82. The van der Waals surface area contributed by atoms with Crippen LogP contribution < -0.4 is 15.4 Å². The Hall–Kier alpha value is -3.32. The minimum absolute atomic E-state index is 0.0262. The molecule has 0 aliphatic heterocycles. The number of nitrogens with one attached hydrogen (secondary N) is 2. The van der Waals surface area contributed by atoms with Gasteiger partial charge in [0.25, 0.3) is 5.91 Å². The molecule has 2 amide bonds. The summed E-state index contributed by atoms with van der Waals surface area (Å²) in [6, 6.07) is 20.0. The number of anilines is 2. The van der Waals surface area contributed by atoms with Gasteiger partial charge >= 0.3 is 0 Å². The summed E-state index contributed by atoms with van der Waals surface area (Å²) in [5.74, 6) is -0.519. The van der Waals surface area contributed by atoms with Crippen molar-refractivity contribution >= 4 is 35.0 Å². The summed E-state index contributed by atoms with van der Waals surface area (Å²) in [5, 5.41) is 5.48. The van der Waals surface area contributed by atoms with E-state index in [0.29, 0.717) is 17.1 Å². The van der Waals surface area contributed by atoms with Crippen molar-refractivity contribution in [3.63, 3.8) is 0 Å². The molecule has 5 nitrogen and oxygen atoms in total. The lowest BCUT2D eigenvalue weighted by atomic mass is 10.2. The Morgan fingerprint density at radius 2 is 1.72 bits per heavy atom. The molecule has 0 unspecified atom stereocenters. The summed E-state index contributed by atoms with van der Waals surface area (Å²) in [6.07, 6.45) is 0. The summed E-state index contributed by atoms with van der Waals surface area (Å²) in [5.41, 5.74) is 1.10. The first-order valence-electron chi connectivity index (χ1n) is 8.78. The first-order valence-corrected chi connectivity index (χ1v) is 9.77. The zero-order valence-electron chi connectivity index (χ0n) is 15.6. The van der Waals surface area contributed by atoms with Crippen LogP contribution in [0, 0.1) is 5.82 Å². The molecule has 0 aromatic heterocycles. The third kappa shape index (κ3) is 5.58. The van der Waals surface area contributed by atoms with Gasteiger partial charge in [-0.05, 0) is 42.5 Å². The second-order valence-corrected chi connectivity index (χ2v) is 7.05. The molecular weight excluding hydrogens is 391 g/mol. The van der Waals surface area contributed by atoms with Gasteiger partial charge < -0.3 is 15.4 Å².